The van der Waals surface area contributed by atoms with Gasteiger partial charge in [-0.3, -0.25) is 4.79 Å². The van der Waals surface area contributed by atoms with Crippen molar-refractivity contribution in [3.05, 3.63) is 0 Å². The lowest BCUT2D eigenvalue weighted by molar-refractivity contribution is -0.139. The van der Waals surface area contributed by atoms with E-state index in [0.717, 1.165) is 0 Å². The molecule has 0 aromatic rings. The van der Waals surface area contributed by atoms with Crippen LogP contribution in [0.1, 0.15) is 6.92 Å². The third-order valence-corrected chi connectivity index (χ3v) is 2.44. The molecule has 4 nitrogen and oxygen atoms in total. The Hall–Kier alpha value is -0.393. The Kier molecular flexibility index (Phi) is 5.18. The van der Waals surface area contributed by atoms with Gasteiger partial charge >= 0.3 is 15.3 Å². The van der Waals surface area contributed by atoms with E-state index in [4.69, 9.17) is 8.85 Å². The zero-order valence-electron chi connectivity index (χ0n) is 6.42. The minimum absolute atomic E-state index is 0.280. The zero-order chi connectivity index (χ0) is 7.98. The van der Waals surface area contributed by atoms with E-state index in [1.807, 2.05) is 0 Å². The quantitative estimate of drug-likeness (QED) is 0.419. The van der Waals surface area contributed by atoms with Gasteiger partial charge < -0.3 is 13.6 Å². The van der Waals surface area contributed by atoms with E-state index in [0.29, 0.717) is 0 Å². The van der Waals surface area contributed by atoms with Gasteiger partial charge in [-0.05, 0) is 0 Å². The molecule has 5 heteroatoms. The predicted molar refractivity (Wildman–Crippen MR) is 37.8 cm³/mol. The van der Waals surface area contributed by atoms with Crippen molar-refractivity contribution in [1.82, 2.24) is 0 Å². The Morgan fingerprint density at radius 3 is 2.20 bits per heavy atom. The van der Waals surface area contributed by atoms with Crippen LogP contribution in [0.2, 0.25) is 0 Å². The zero-order valence-corrected chi connectivity index (χ0v) is 7.57. The van der Waals surface area contributed by atoms with Crippen LogP contribution < -0.4 is 0 Å². The first kappa shape index (κ1) is 9.61. The molecule has 0 unspecified atom stereocenters. The van der Waals surface area contributed by atoms with E-state index in [2.05, 4.69) is 4.74 Å². The van der Waals surface area contributed by atoms with Gasteiger partial charge in [-0.15, -0.1) is 0 Å². The molecule has 0 heterocycles. The second kappa shape index (κ2) is 5.40. The largest absolute Gasteiger partial charge is 0.464 e. The Morgan fingerprint density at radius 1 is 1.40 bits per heavy atom. The van der Waals surface area contributed by atoms with Gasteiger partial charge in [0.25, 0.3) is 0 Å². The van der Waals surface area contributed by atoms with E-state index in [-0.39, 0.29) is 12.2 Å². The summed E-state index contributed by atoms with van der Waals surface area (Å²) >= 11 is 0. The lowest BCUT2D eigenvalue weighted by atomic mass is 10.8. The summed E-state index contributed by atoms with van der Waals surface area (Å²) < 4.78 is 14.4. The van der Waals surface area contributed by atoms with Gasteiger partial charge in [0.15, 0.2) is 0 Å². The fourth-order valence-electron chi connectivity index (χ4n) is 0.418. The van der Waals surface area contributed by atoms with Crippen LogP contribution in [-0.2, 0) is 18.4 Å². The Balaban J connectivity index is 3.34. The molecule has 60 valence electrons. The molecule has 0 aliphatic carbocycles. The molecule has 0 spiro atoms. The van der Waals surface area contributed by atoms with Gasteiger partial charge in [-0.25, -0.2) is 0 Å². The van der Waals surface area contributed by atoms with Gasteiger partial charge in [0.05, 0.1) is 0 Å². The van der Waals surface area contributed by atoms with Gasteiger partial charge in [0.2, 0.25) is 0 Å². The molecule has 0 radical (unpaired) electrons. The molecule has 0 aliphatic heterocycles. The molecule has 0 N–H and O–H groups in total. The number of rotatable bonds is 4. The molecule has 0 aliphatic rings. The van der Waals surface area contributed by atoms with Crippen molar-refractivity contribution in [3.63, 3.8) is 0 Å². The van der Waals surface area contributed by atoms with Crippen molar-refractivity contribution in [2.24, 2.45) is 0 Å². The SMILES string of the molecule is CO[SiH](COC(C)=O)OC. The molecular formula is C5H12O4Si. The number of carbonyl (C=O) groups excluding carboxylic acids is 1. The minimum Gasteiger partial charge on any atom is -0.464 e. The molecule has 0 atom stereocenters. The number of hydrogen-bond acceptors (Lipinski definition) is 4. The number of esters is 1. The molecule has 0 bridgehead atoms. The molecule has 0 fully saturated rings. The maximum Gasteiger partial charge on any atom is 0.360 e. The standard InChI is InChI=1S/C5H12O4Si/c1-5(6)9-4-10(7-2)8-3/h10H,4H2,1-3H3. The maximum absolute atomic E-state index is 10.3. The Morgan fingerprint density at radius 2 is 1.90 bits per heavy atom. The normalized spacial score (nSPS) is 10.0. The van der Waals surface area contributed by atoms with Crippen molar-refractivity contribution in [1.29, 1.82) is 0 Å². The molecule has 10 heavy (non-hydrogen) atoms. The third kappa shape index (κ3) is 4.48. The first-order chi connectivity index (χ1) is 4.70. The van der Waals surface area contributed by atoms with Gasteiger partial charge in [0.1, 0.15) is 6.23 Å². The van der Waals surface area contributed by atoms with E-state index in [1.165, 1.54) is 6.92 Å². The number of hydrogen-bond donors (Lipinski definition) is 0. The minimum atomic E-state index is -1.69. The second-order valence-electron chi connectivity index (χ2n) is 1.70. The van der Waals surface area contributed by atoms with E-state index >= 15 is 0 Å². The lowest BCUT2D eigenvalue weighted by Gasteiger charge is -2.09. The fourth-order valence-corrected chi connectivity index (χ4v) is 1.25. The van der Waals surface area contributed by atoms with Crippen LogP contribution in [0.15, 0.2) is 0 Å². The Labute approximate surface area is 61.9 Å². The average Bonchev–Trinajstić information content (AvgIpc) is 1.90. The van der Waals surface area contributed by atoms with Crippen LogP contribution in [0.3, 0.4) is 0 Å². The maximum atomic E-state index is 10.3. The summed E-state index contributed by atoms with van der Waals surface area (Å²) in [6.07, 6.45) is 0.280. The average molecular weight is 164 g/mol. The third-order valence-electron chi connectivity index (χ3n) is 0.948. The summed E-state index contributed by atoms with van der Waals surface area (Å²) in [6.45, 7) is 1.36. The monoisotopic (exact) mass is 164 g/mol. The molecule has 0 aromatic carbocycles. The highest BCUT2D eigenvalue weighted by Gasteiger charge is 2.10. The van der Waals surface area contributed by atoms with Crippen LogP contribution in [0, 0.1) is 0 Å². The molecule has 0 amide bonds. The summed E-state index contributed by atoms with van der Waals surface area (Å²) in [5.74, 6) is -0.299. The van der Waals surface area contributed by atoms with E-state index in [1.54, 1.807) is 14.2 Å². The van der Waals surface area contributed by atoms with Crippen molar-refractivity contribution in [2.45, 2.75) is 6.92 Å². The van der Waals surface area contributed by atoms with Crippen LogP contribution in [0.25, 0.3) is 0 Å². The number of carbonyl (C=O) groups is 1. The smallest absolute Gasteiger partial charge is 0.360 e. The highest BCUT2D eigenvalue weighted by molar-refractivity contribution is 6.44. The summed E-state index contributed by atoms with van der Waals surface area (Å²) in [5.41, 5.74) is 0. The summed E-state index contributed by atoms with van der Waals surface area (Å²) in [6, 6.07) is 0. The van der Waals surface area contributed by atoms with Crippen molar-refractivity contribution in [3.8, 4) is 0 Å². The van der Waals surface area contributed by atoms with Gasteiger partial charge in [0, 0.05) is 21.1 Å². The predicted octanol–water partition coefficient (Wildman–Crippen LogP) is -0.398. The van der Waals surface area contributed by atoms with Crippen LogP contribution in [-0.4, -0.2) is 35.7 Å². The second-order valence-corrected chi connectivity index (χ2v) is 3.84. The van der Waals surface area contributed by atoms with Crippen LogP contribution in [0.5, 0.6) is 0 Å². The highest BCUT2D eigenvalue weighted by atomic mass is 28.3. The van der Waals surface area contributed by atoms with E-state index < -0.39 is 9.28 Å². The van der Waals surface area contributed by atoms with Crippen LogP contribution >= 0.6 is 0 Å². The number of ether oxygens (including phenoxy) is 1. The van der Waals surface area contributed by atoms with Gasteiger partial charge in [-0.2, -0.15) is 0 Å². The van der Waals surface area contributed by atoms with E-state index in [9.17, 15) is 4.79 Å². The molecule has 0 saturated heterocycles. The highest BCUT2D eigenvalue weighted by Crippen LogP contribution is 1.86. The summed E-state index contributed by atoms with van der Waals surface area (Å²) in [7, 11) is 1.40. The van der Waals surface area contributed by atoms with Crippen molar-refractivity contribution in [2.75, 3.05) is 20.4 Å². The summed E-state index contributed by atoms with van der Waals surface area (Å²) in [5, 5.41) is 0. The molecule has 0 saturated carbocycles. The van der Waals surface area contributed by atoms with Crippen molar-refractivity contribution >= 4 is 15.3 Å². The van der Waals surface area contributed by atoms with Crippen LogP contribution in [0.4, 0.5) is 0 Å². The lowest BCUT2D eigenvalue weighted by Crippen LogP contribution is -2.27. The molecule has 0 aromatic heterocycles. The molecule has 0 rings (SSSR count). The van der Waals surface area contributed by atoms with Crippen molar-refractivity contribution < 1.29 is 18.4 Å². The first-order valence-electron chi connectivity index (χ1n) is 2.89. The fraction of sp³-hybridized carbons (Fsp3) is 0.800. The molecular weight excluding hydrogens is 152 g/mol. The summed E-state index contributed by atoms with van der Waals surface area (Å²) in [4.78, 5) is 10.3. The Bertz CT molecular complexity index is 102. The van der Waals surface area contributed by atoms with Gasteiger partial charge in [-0.1, -0.05) is 0 Å². The first-order valence-corrected chi connectivity index (χ1v) is 4.65. The topological polar surface area (TPSA) is 44.8 Å².